The normalized spacial score (nSPS) is 14.7. The van der Waals surface area contributed by atoms with E-state index >= 15 is 0 Å². The quantitative estimate of drug-likeness (QED) is 0.785. The summed E-state index contributed by atoms with van der Waals surface area (Å²) >= 11 is 0. The molecule has 0 saturated carbocycles. The molecule has 2 heteroatoms. The van der Waals surface area contributed by atoms with E-state index in [4.69, 9.17) is 0 Å². The van der Waals surface area contributed by atoms with Crippen LogP contribution in [0.25, 0.3) is 0 Å². The molecular weight excluding hydrogens is 234 g/mol. The molecule has 0 bridgehead atoms. The van der Waals surface area contributed by atoms with Gasteiger partial charge in [0.1, 0.15) is 0 Å². The van der Waals surface area contributed by atoms with Crippen molar-refractivity contribution in [2.24, 2.45) is 5.92 Å². The maximum absolute atomic E-state index is 10.1. The summed E-state index contributed by atoms with van der Waals surface area (Å²) in [6.45, 7) is 11.4. The van der Waals surface area contributed by atoms with Crippen LogP contribution in [0.4, 0.5) is 0 Å². The summed E-state index contributed by atoms with van der Waals surface area (Å²) in [6.07, 6.45) is 1.83. The third-order valence-electron chi connectivity index (χ3n) is 4.26. The first-order valence-corrected chi connectivity index (χ1v) is 7.48. The molecule has 1 aromatic rings. The minimum atomic E-state index is -0.246. The second-order valence-electron chi connectivity index (χ2n) is 5.62. The Balaban J connectivity index is 2.55. The predicted molar refractivity (Wildman–Crippen MR) is 82.4 cm³/mol. The minimum Gasteiger partial charge on any atom is -0.392 e. The Bertz CT molecular complexity index is 385. The highest BCUT2D eigenvalue weighted by Crippen LogP contribution is 2.18. The number of aryl methyl sites for hydroxylation is 2. The van der Waals surface area contributed by atoms with Gasteiger partial charge >= 0.3 is 0 Å². The monoisotopic (exact) mass is 263 g/mol. The number of hydrogen-bond donors (Lipinski definition) is 2. The van der Waals surface area contributed by atoms with Crippen molar-refractivity contribution in [1.82, 2.24) is 5.32 Å². The Hall–Kier alpha value is -0.860. The summed E-state index contributed by atoms with van der Waals surface area (Å²) in [5, 5.41) is 13.6. The summed E-state index contributed by atoms with van der Waals surface area (Å²) in [5.41, 5.74) is 3.94. The lowest BCUT2D eigenvalue weighted by atomic mass is 9.96. The molecule has 2 atom stereocenters. The molecular formula is C17H29NO. The van der Waals surface area contributed by atoms with E-state index in [-0.39, 0.29) is 12.1 Å². The average Bonchev–Trinajstić information content (AvgIpc) is 2.40. The molecule has 0 radical (unpaired) electrons. The molecule has 0 fully saturated rings. The van der Waals surface area contributed by atoms with Crippen LogP contribution in [0.2, 0.25) is 0 Å². The third-order valence-corrected chi connectivity index (χ3v) is 4.26. The highest BCUT2D eigenvalue weighted by molar-refractivity contribution is 5.31. The Labute approximate surface area is 118 Å². The third kappa shape index (κ3) is 4.63. The molecule has 1 aromatic carbocycles. The molecule has 0 aliphatic rings. The van der Waals surface area contributed by atoms with Crippen LogP contribution in [0, 0.1) is 19.8 Å². The average molecular weight is 263 g/mol. The van der Waals surface area contributed by atoms with E-state index in [1.165, 1.54) is 16.7 Å². The first-order valence-electron chi connectivity index (χ1n) is 7.48. The summed E-state index contributed by atoms with van der Waals surface area (Å²) in [6, 6.07) is 6.85. The van der Waals surface area contributed by atoms with Gasteiger partial charge in [0.15, 0.2) is 0 Å². The van der Waals surface area contributed by atoms with E-state index < -0.39 is 0 Å². The molecule has 108 valence electrons. The Kier molecular flexibility index (Phi) is 6.53. The molecule has 0 aliphatic carbocycles. The van der Waals surface area contributed by atoms with Crippen LogP contribution in [0.3, 0.4) is 0 Å². The van der Waals surface area contributed by atoms with Crippen molar-refractivity contribution in [2.75, 3.05) is 6.54 Å². The van der Waals surface area contributed by atoms with Gasteiger partial charge in [0.2, 0.25) is 0 Å². The number of aliphatic hydroxyl groups excluding tert-OH is 1. The Morgan fingerprint density at radius 2 is 1.74 bits per heavy atom. The first kappa shape index (κ1) is 16.2. The number of benzene rings is 1. The van der Waals surface area contributed by atoms with Gasteiger partial charge in [-0.1, -0.05) is 44.9 Å². The summed E-state index contributed by atoms with van der Waals surface area (Å²) in [7, 11) is 0. The highest BCUT2D eigenvalue weighted by atomic mass is 16.3. The lowest BCUT2D eigenvalue weighted by molar-refractivity contribution is 0.0989. The van der Waals surface area contributed by atoms with Crippen LogP contribution in [-0.4, -0.2) is 17.8 Å². The number of hydrogen-bond acceptors (Lipinski definition) is 2. The van der Waals surface area contributed by atoms with E-state index in [1.807, 2.05) is 0 Å². The van der Waals surface area contributed by atoms with Crippen molar-refractivity contribution in [3.05, 3.63) is 34.9 Å². The fraction of sp³-hybridized carbons (Fsp3) is 0.647. The van der Waals surface area contributed by atoms with Gasteiger partial charge in [-0.2, -0.15) is 0 Å². The maximum Gasteiger partial charge on any atom is 0.0692 e. The summed E-state index contributed by atoms with van der Waals surface area (Å²) in [4.78, 5) is 0. The van der Waals surface area contributed by atoms with Crippen LogP contribution in [0.15, 0.2) is 18.2 Å². The van der Waals surface area contributed by atoms with Crippen molar-refractivity contribution in [3.8, 4) is 0 Å². The number of aliphatic hydroxyl groups is 1. The van der Waals surface area contributed by atoms with E-state index in [0.29, 0.717) is 12.5 Å². The largest absolute Gasteiger partial charge is 0.392 e. The van der Waals surface area contributed by atoms with Crippen molar-refractivity contribution >= 4 is 0 Å². The molecule has 0 aliphatic heterocycles. The van der Waals surface area contributed by atoms with Crippen molar-refractivity contribution in [2.45, 2.75) is 59.6 Å². The van der Waals surface area contributed by atoms with E-state index in [0.717, 1.165) is 12.8 Å². The smallest absolute Gasteiger partial charge is 0.0692 e. The SMILES string of the molecule is CCC(CC)C(O)CNC(C)c1ccc(C)c(C)c1. The zero-order chi connectivity index (χ0) is 14.4. The fourth-order valence-electron chi connectivity index (χ4n) is 2.45. The lowest BCUT2D eigenvalue weighted by Crippen LogP contribution is -2.34. The van der Waals surface area contributed by atoms with Crippen molar-refractivity contribution in [1.29, 1.82) is 0 Å². The number of nitrogens with one attached hydrogen (secondary N) is 1. The zero-order valence-electron chi connectivity index (χ0n) is 13.0. The molecule has 0 saturated heterocycles. The lowest BCUT2D eigenvalue weighted by Gasteiger charge is -2.23. The fourth-order valence-corrected chi connectivity index (χ4v) is 2.45. The molecule has 0 amide bonds. The molecule has 1 rings (SSSR count). The van der Waals surface area contributed by atoms with E-state index in [2.05, 4.69) is 58.1 Å². The van der Waals surface area contributed by atoms with Crippen LogP contribution >= 0.6 is 0 Å². The van der Waals surface area contributed by atoms with Gasteiger partial charge < -0.3 is 10.4 Å². The van der Waals surface area contributed by atoms with Crippen molar-refractivity contribution < 1.29 is 5.11 Å². The van der Waals surface area contributed by atoms with Gasteiger partial charge in [0, 0.05) is 12.6 Å². The minimum absolute atomic E-state index is 0.246. The van der Waals surface area contributed by atoms with Crippen LogP contribution in [0.5, 0.6) is 0 Å². The highest BCUT2D eigenvalue weighted by Gasteiger charge is 2.16. The predicted octanol–water partition coefficient (Wildman–Crippen LogP) is 3.75. The van der Waals surface area contributed by atoms with Crippen LogP contribution in [0.1, 0.15) is 56.3 Å². The van der Waals surface area contributed by atoms with Crippen LogP contribution in [-0.2, 0) is 0 Å². The van der Waals surface area contributed by atoms with Gasteiger partial charge in [0.25, 0.3) is 0 Å². The van der Waals surface area contributed by atoms with Gasteiger partial charge in [0.05, 0.1) is 6.10 Å². The molecule has 0 aromatic heterocycles. The molecule has 19 heavy (non-hydrogen) atoms. The second kappa shape index (κ2) is 7.66. The molecule has 0 heterocycles. The van der Waals surface area contributed by atoms with Gasteiger partial charge in [-0.25, -0.2) is 0 Å². The second-order valence-corrected chi connectivity index (χ2v) is 5.62. The Morgan fingerprint density at radius 3 is 2.26 bits per heavy atom. The summed E-state index contributed by atoms with van der Waals surface area (Å²) in [5.74, 6) is 0.402. The van der Waals surface area contributed by atoms with Gasteiger partial charge in [-0.05, 0) is 43.4 Å². The van der Waals surface area contributed by atoms with Gasteiger partial charge in [-0.3, -0.25) is 0 Å². The zero-order valence-corrected chi connectivity index (χ0v) is 13.0. The molecule has 2 nitrogen and oxygen atoms in total. The Morgan fingerprint density at radius 1 is 1.11 bits per heavy atom. The molecule has 2 unspecified atom stereocenters. The van der Waals surface area contributed by atoms with E-state index in [9.17, 15) is 5.11 Å². The first-order chi connectivity index (χ1) is 8.99. The van der Waals surface area contributed by atoms with E-state index in [1.54, 1.807) is 0 Å². The number of rotatable bonds is 7. The molecule has 2 N–H and O–H groups in total. The molecule has 0 spiro atoms. The van der Waals surface area contributed by atoms with Crippen molar-refractivity contribution in [3.63, 3.8) is 0 Å². The van der Waals surface area contributed by atoms with Gasteiger partial charge in [-0.15, -0.1) is 0 Å². The van der Waals surface area contributed by atoms with Crippen LogP contribution < -0.4 is 5.32 Å². The maximum atomic E-state index is 10.1. The summed E-state index contributed by atoms with van der Waals surface area (Å²) < 4.78 is 0. The topological polar surface area (TPSA) is 32.3 Å². The standard InChI is InChI=1S/C17H29NO/c1-6-15(7-2)17(19)11-18-14(5)16-9-8-12(3)13(4)10-16/h8-10,14-15,17-19H,6-7,11H2,1-5H3.